The molecular weight excluding hydrogens is 268 g/mol. The van der Waals surface area contributed by atoms with Crippen LogP contribution < -0.4 is 14.8 Å². The first-order valence-electron chi connectivity index (χ1n) is 7.70. The molecule has 5 heteroatoms. The highest BCUT2D eigenvalue weighted by atomic mass is 16.5. The molecule has 0 aliphatic carbocycles. The van der Waals surface area contributed by atoms with Crippen molar-refractivity contribution in [2.45, 2.75) is 33.2 Å². The van der Waals surface area contributed by atoms with Gasteiger partial charge in [0.15, 0.2) is 0 Å². The first-order chi connectivity index (χ1) is 10.2. The zero-order valence-corrected chi connectivity index (χ0v) is 12.7. The van der Waals surface area contributed by atoms with Crippen molar-refractivity contribution in [3.05, 3.63) is 22.8 Å². The molecule has 3 rings (SSSR count). The van der Waals surface area contributed by atoms with Crippen LogP contribution in [0, 0.1) is 0 Å². The number of amides is 2. The summed E-state index contributed by atoms with van der Waals surface area (Å²) in [6, 6.07) is 2.07. The molecule has 0 radical (unpaired) electrons. The molecule has 0 fully saturated rings. The van der Waals surface area contributed by atoms with E-state index in [4.69, 9.17) is 9.47 Å². The van der Waals surface area contributed by atoms with Gasteiger partial charge in [-0.2, -0.15) is 0 Å². The van der Waals surface area contributed by atoms with Gasteiger partial charge in [-0.05, 0) is 19.9 Å². The molecule has 0 aromatic heterocycles. The molecule has 0 unspecified atom stereocenters. The van der Waals surface area contributed by atoms with Crippen molar-refractivity contribution < 1.29 is 14.3 Å². The van der Waals surface area contributed by atoms with Gasteiger partial charge in [-0.1, -0.05) is 0 Å². The molecule has 114 valence electrons. The highest BCUT2D eigenvalue weighted by Gasteiger charge is 2.26. The Kier molecular flexibility index (Phi) is 3.90. The van der Waals surface area contributed by atoms with E-state index in [0.29, 0.717) is 19.6 Å². The van der Waals surface area contributed by atoms with E-state index in [9.17, 15) is 4.79 Å². The van der Waals surface area contributed by atoms with Crippen LogP contribution in [0.2, 0.25) is 0 Å². The summed E-state index contributed by atoms with van der Waals surface area (Å²) >= 11 is 0. The molecule has 5 nitrogen and oxygen atoms in total. The molecule has 2 aliphatic rings. The second-order valence-electron chi connectivity index (χ2n) is 5.35. The molecule has 0 saturated heterocycles. The maximum absolute atomic E-state index is 12.1. The van der Waals surface area contributed by atoms with Gasteiger partial charge < -0.3 is 19.7 Å². The van der Waals surface area contributed by atoms with Gasteiger partial charge in [0.05, 0.1) is 13.2 Å². The molecule has 1 N–H and O–H groups in total. The zero-order chi connectivity index (χ0) is 14.8. The summed E-state index contributed by atoms with van der Waals surface area (Å²) in [4.78, 5) is 13.9. The van der Waals surface area contributed by atoms with Crippen molar-refractivity contribution in [3.63, 3.8) is 0 Å². The first-order valence-corrected chi connectivity index (χ1v) is 7.70. The van der Waals surface area contributed by atoms with Gasteiger partial charge in [0.2, 0.25) is 0 Å². The standard InChI is InChI=1S/C16H22N2O3/c1-3-18(4-2)16(19)17-10-13-12-6-8-20-14(12)9-11-5-7-21-15(11)13/h9H,3-8,10H2,1-2H3,(H,17,19). The van der Waals surface area contributed by atoms with Crippen LogP contribution in [0.1, 0.15) is 30.5 Å². The van der Waals surface area contributed by atoms with E-state index in [0.717, 1.165) is 43.1 Å². The summed E-state index contributed by atoms with van der Waals surface area (Å²) < 4.78 is 11.5. The molecule has 1 aromatic carbocycles. The molecule has 21 heavy (non-hydrogen) atoms. The van der Waals surface area contributed by atoms with Crippen molar-refractivity contribution in [1.29, 1.82) is 0 Å². The van der Waals surface area contributed by atoms with Crippen molar-refractivity contribution in [2.24, 2.45) is 0 Å². The molecule has 2 amide bonds. The molecule has 0 atom stereocenters. The summed E-state index contributed by atoms with van der Waals surface area (Å²) in [6.45, 7) is 7.34. The monoisotopic (exact) mass is 290 g/mol. The van der Waals surface area contributed by atoms with Crippen molar-refractivity contribution in [1.82, 2.24) is 10.2 Å². The number of rotatable bonds is 4. The number of hydrogen-bond acceptors (Lipinski definition) is 3. The lowest BCUT2D eigenvalue weighted by Crippen LogP contribution is -2.39. The highest BCUT2D eigenvalue weighted by molar-refractivity contribution is 5.74. The molecule has 0 bridgehead atoms. The number of urea groups is 1. The van der Waals surface area contributed by atoms with E-state index in [1.807, 2.05) is 13.8 Å². The van der Waals surface area contributed by atoms with Crippen molar-refractivity contribution >= 4 is 6.03 Å². The number of carbonyl (C=O) groups is 1. The van der Waals surface area contributed by atoms with Crippen LogP contribution >= 0.6 is 0 Å². The predicted molar refractivity (Wildman–Crippen MR) is 80.0 cm³/mol. The Hall–Kier alpha value is -1.91. The minimum absolute atomic E-state index is 0.0248. The van der Waals surface area contributed by atoms with Gasteiger partial charge in [-0.15, -0.1) is 0 Å². The average Bonchev–Trinajstić information content (AvgIpc) is 3.12. The van der Waals surface area contributed by atoms with Gasteiger partial charge in [0, 0.05) is 49.2 Å². The topological polar surface area (TPSA) is 50.8 Å². The van der Waals surface area contributed by atoms with Crippen LogP contribution in [0.25, 0.3) is 0 Å². The summed E-state index contributed by atoms with van der Waals surface area (Å²) in [5, 5.41) is 3.01. The second-order valence-corrected chi connectivity index (χ2v) is 5.35. The van der Waals surface area contributed by atoms with E-state index in [1.165, 1.54) is 11.1 Å². The number of fused-ring (bicyclic) bond motifs is 2. The van der Waals surface area contributed by atoms with Gasteiger partial charge in [0.1, 0.15) is 11.5 Å². The Morgan fingerprint density at radius 2 is 2.00 bits per heavy atom. The molecule has 0 saturated carbocycles. The Labute approximate surface area is 125 Å². The van der Waals surface area contributed by atoms with Gasteiger partial charge in [0.25, 0.3) is 0 Å². The van der Waals surface area contributed by atoms with E-state index in [-0.39, 0.29) is 6.03 Å². The molecular formula is C16H22N2O3. The van der Waals surface area contributed by atoms with Gasteiger partial charge in [-0.3, -0.25) is 0 Å². The van der Waals surface area contributed by atoms with Crippen LogP contribution in [0.5, 0.6) is 11.5 Å². The lowest BCUT2D eigenvalue weighted by molar-refractivity contribution is 0.202. The third-order valence-corrected chi connectivity index (χ3v) is 4.23. The highest BCUT2D eigenvalue weighted by Crippen LogP contribution is 2.40. The third kappa shape index (κ3) is 2.52. The average molecular weight is 290 g/mol. The number of benzene rings is 1. The van der Waals surface area contributed by atoms with Gasteiger partial charge >= 0.3 is 6.03 Å². The predicted octanol–water partition coefficient (Wildman–Crippen LogP) is 2.11. The maximum atomic E-state index is 12.1. The minimum Gasteiger partial charge on any atom is -0.493 e. The fraction of sp³-hybridized carbons (Fsp3) is 0.562. The SMILES string of the molecule is CCN(CC)C(=O)NCc1c2c(cc3c1OCC3)OCC2. The van der Waals surface area contributed by atoms with E-state index < -0.39 is 0 Å². The number of carbonyl (C=O) groups excluding carboxylic acids is 1. The Bertz CT molecular complexity index is 521. The fourth-order valence-corrected chi connectivity index (χ4v) is 3.06. The first kappa shape index (κ1) is 14.0. The van der Waals surface area contributed by atoms with Crippen LogP contribution in [0.3, 0.4) is 0 Å². The summed E-state index contributed by atoms with van der Waals surface area (Å²) in [5.41, 5.74) is 3.48. The number of hydrogen-bond donors (Lipinski definition) is 1. The van der Waals surface area contributed by atoms with Crippen LogP contribution in [-0.2, 0) is 19.4 Å². The third-order valence-electron chi connectivity index (χ3n) is 4.23. The zero-order valence-electron chi connectivity index (χ0n) is 12.7. The molecule has 1 aromatic rings. The largest absolute Gasteiger partial charge is 0.493 e. The normalized spacial score (nSPS) is 15.0. The molecule has 0 spiro atoms. The molecule has 2 heterocycles. The minimum atomic E-state index is -0.0248. The molecule has 2 aliphatic heterocycles. The number of nitrogens with one attached hydrogen (secondary N) is 1. The fourth-order valence-electron chi connectivity index (χ4n) is 3.06. The van der Waals surface area contributed by atoms with E-state index in [2.05, 4.69) is 11.4 Å². The van der Waals surface area contributed by atoms with Crippen molar-refractivity contribution in [3.8, 4) is 11.5 Å². The Morgan fingerprint density at radius 3 is 2.76 bits per heavy atom. The Balaban J connectivity index is 1.81. The quantitative estimate of drug-likeness (QED) is 0.924. The number of nitrogens with zero attached hydrogens (tertiary/aromatic N) is 1. The number of ether oxygens (including phenoxy) is 2. The lowest BCUT2D eigenvalue weighted by atomic mass is 9.99. The maximum Gasteiger partial charge on any atom is 0.317 e. The van der Waals surface area contributed by atoms with Crippen LogP contribution in [0.15, 0.2) is 6.07 Å². The van der Waals surface area contributed by atoms with Crippen molar-refractivity contribution in [2.75, 3.05) is 26.3 Å². The lowest BCUT2D eigenvalue weighted by Gasteiger charge is -2.20. The second kappa shape index (κ2) is 5.84. The van der Waals surface area contributed by atoms with Crippen LogP contribution in [0.4, 0.5) is 4.79 Å². The van der Waals surface area contributed by atoms with E-state index in [1.54, 1.807) is 4.90 Å². The smallest absolute Gasteiger partial charge is 0.317 e. The summed E-state index contributed by atoms with van der Waals surface area (Å²) in [7, 11) is 0. The Morgan fingerprint density at radius 1 is 1.24 bits per heavy atom. The van der Waals surface area contributed by atoms with Crippen LogP contribution in [-0.4, -0.2) is 37.2 Å². The summed E-state index contributed by atoms with van der Waals surface area (Å²) in [6.07, 6.45) is 1.81. The summed E-state index contributed by atoms with van der Waals surface area (Å²) in [5.74, 6) is 1.92. The van der Waals surface area contributed by atoms with Gasteiger partial charge in [-0.25, -0.2) is 4.79 Å². The van der Waals surface area contributed by atoms with E-state index >= 15 is 0 Å².